The number of benzene rings is 1. The molecule has 0 aliphatic heterocycles. The van der Waals surface area contributed by atoms with Crippen molar-refractivity contribution in [2.24, 2.45) is 11.8 Å². The molecule has 0 bridgehead atoms. The van der Waals surface area contributed by atoms with E-state index in [4.69, 9.17) is 4.98 Å². The van der Waals surface area contributed by atoms with Crippen LogP contribution < -0.4 is 0 Å². The zero-order valence-corrected chi connectivity index (χ0v) is 16.5. The number of aliphatic hydroxyl groups excluding tert-OH is 1. The number of nitrogens with zero attached hydrogens (tertiary/aromatic N) is 3. The van der Waals surface area contributed by atoms with Crippen LogP contribution in [0.25, 0.3) is 22.2 Å². The number of para-hydroxylation sites is 1. The van der Waals surface area contributed by atoms with E-state index in [0.717, 1.165) is 47.8 Å². The molecule has 1 aromatic carbocycles. The summed E-state index contributed by atoms with van der Waals surface area (Å²) in [7, 11) is 1.92. The molecule has 3 aromatic rings. The van der Waals surface area contributed by atoms with E-state index in [1.54, 1.807) is 12.4 Å². The number of carbonyl (C=O) groups excluding carboxylic acids is 1. The molecule has 5 nitrogen and oxygen atoms in total. The van der Waals surface area contributed by atoms with Crippen LogP contribution in [0.5, 0.6) is 0 Å². The van der Waals surface area contributed by atoms with Crippen molar-refractivity contribution < 1.29 is 9.90 Å². The summed E-state index contributed by atoms with van der Waals surface area (Å²) < 4.78 is 0. The fraction of sp³-hybridized carbons (Fsp3) is 0.375. The summed E-state index contributed by atoms with van der Waals surface area (Å²) in [5.74, 6) is 1.13. The third-order valence-corrected chi connectivity index (χ3v) is 6.74. The first-order valence-corrected chi connectivity index (χ1v) is 10.4. The lowest BCUT2D eigenvalue weighted by Crippen LogP contribution is -2.36. The maximum atomic E-state index is 13.5. The van der Waals surface area contributed by atoms with Crippen LogP contribution in [0.4, 0.5) is 0 Å². The second-order valence-electron chi connectivity index (χ2n) is 8.50. The van der Waals surface area contributed by atoms with Crippen molar-refractivity contribution in [2.75, 3.05) is 7.05 Å². The Bertz CT molecular complexity index is 1040. The Hall–Kier alpha value is -2.79. The molecule has 29 heavy (non-hydrogen) atoms. The maximum Gasteiger partial charge on any atom is 0.254 e. The van der Waals surface area contributed by atoms with Crippen molar-refractivity contribution in [2.45, 2.75) is 37.8 Å². The van der Waals surface area contributed by atoms with Crippen LogP contribution in [-0.4, -0.2) is 45.1 Å². The molecule has 5 heteroatoms. The molecule has 2 fully saturated rings. The SMILES string of the molecule is CN(C(=O)c1cc(-c2cccnc2)nc2ccccc12)C1C[C@H]2CC(O)C[C@H]2C1. The van der Waals surface area contributed by atoms with E-state index in [1.165, 1.54) is 0 Å². The topological polar surface area (TPSA) is 66.3 Å². The van der Waals surface area contributed by atoms with Crippen LogP contribution in [0.3, 0.4) is 0 Å². The molecule has 2 aromatic heterocycles. The molecule has 2 saturated carbocycles. The zero-order valence-electron chi connectivity index (χ0n) is 16.5. The average molecular weight is 387 g/mol. The molecular weight excluding hydrogens is 362 g/mol. The minimum absolute atomic E-state index is 0.0410. The summed E-state index contributed by atoms with van der Waals surface area (Å²) >= 11 is 0. The van der Waals surface area contributed by atoms with E-state index < -0.39 is 0 Å². The molecule has 1 N–H and O–H groups in total. The van der Waals surface area contributed by atoms with Gasteiger partial charge in [-0.1, -0.05) is 18.2 Å². The summed E-state index contributed by atoms with van der Waals surface area (Å²) in [6.45, 7) is 0. The molecule has 148 valence electrons. The van der Waals surface area contributed by atoms with Gasteiger partial charge in [-0.25, -0.2) is 4.98 Å². The van der Waals surface area contributed by atoms with E-state index in [0.29, 0.717) is 17.4 Å². The minimum atomic E-state index is -0.155. The van der Waals surface area contributed by atoms with Gasteiger partial charge in [0.15, 0.2) is 0 Å². The first kappa shape index (κ1) is 18.3. The monoisotopic (exact) mass is 387 g/mol. The largest absolute Gasteiger partial charge is 0.393 e. The second-order valence-corrected chi connectivity index (χ2v) is 8.50. The Balaban J connectivity index is 1.49. The second kappa shape index (κ2) is 7.23. The van der Waals surface area contributed by atoms with Gasteiger partial charge >= 0.3 is 0 Å². The average Bonchev–Trinajstić information content (AvgIpc) is 3.30. The molecule has 2 unspecified atom stereocenters. The van der Waals surface area contributed by atoms with E-state index in [9.17, 15) is 9.90 Å². The van der Waals surface area contributed by atoms with E-state index >= 15 is 0 Å². The standard InChI is InChI=1S/C24H25N3O2/c1-27(18-9-16-11-19(28)12-17(16)10-18)24(29)21-13-23(15-5-4-8-25-14-15)26-22-7-3-2-6-20(21)22/h2-8,13-14,16-19,28H,9-12H2,1H3/t16-,17+,18?,19?. The molecule has 4 atom stereocenters. The van der Waals surface area contributed by atoms with E-state index in [2.05, 4.69) is 4.98 Å². The highest BCUT2D eigenvalue weighted by Crippen LogP contribution is 2.45. The quantitative estimate of drug-likeness (QED) is 0.740. The molecule has 2 heterocycles. The minimum Gasteiger partial charge on any atom is -0.393 e. The molecule has 0 radical (unpaired) electrons. The number of rotatable bonds is 3. The number of hydrogen-bond donors (Lipinski definition) is 1. The lowest BCUT2D eigenvalue weighted by atomic mass is 10.0. The fourth-order valence-electron chi connectivity index (χ4n) is 5.24. The molecular formula is C24H25N3O2. The predicted molar refractivity (Wildman–Crippen MR) is 112 cm³/mol. The highest BCUT2D eigenvalue weighted by atomic mass is 16.3. The van der Waals surface area contributed by atoms with Crippen molar-refractivity contribution >= 4 is 16.8 Å². The summed E-state index contributed by atoms with van der Waals surface area (Å²) in [4.78, 5) is 24.4. The van der Waals surface area contributed by atoms with Crippen LogP contribution in [0.15, 0.2) is 54.9 Å². The summed E-state index contributed by atoms with van der Waals surface area (Å²) in [5, 5.41) is 10.8. The van der Waals surface area contributed by atoms with Crippen molar-refractivity contribution in [3.8, 4) is 11.3 Å². The Kier molecular flexibility index (Phi) is 4.55. The predicted octanol–water partition coefficient (Wildman–Crippen LogP) is 3.92. The number of aliphatic hydroxyl groups is 1. The lowest BCUT2D eigenvalue weighted by molar-refractivity contribution is 0.0724. The number of hydrogen-bond acceptors (Lipinski definition) is 4. The Morgan fingerprint density at radius 3 is 2.55 bits per heavy atom. The van der Waals surface area contributed by atoms with Gasteiger partial charge in [-0.15, -0.1) is 0 Å². The highest BCUT2D eigenvalue weighted by molar-refractivity contribution is 6.07. The fourth-order valence-corrected chi connectivity index (χ4v) is 5.24. The van der Waals surface area contributed by atoms with Gasteiger partial charge in [-0.2, -0.15) is 0 Å². The summed E-state index contributed by atoms with van der Waals surface area (Å²) in [6.07, 6.45) is 7.10. The number of fused-ring (bicyclic) bond motifs is 2. The zero-order chi connectivity index (χ0) is 20.0. The first-order valence-electron chi connectivity index (χ1n) is 10.4. The third-order valence-electron chi connectivity index (χ3n) is 6.74. The highest BCUT2D eigenvalue weighted by Gasteiger charge is 2.43. The van der Waals surface area contributed by atoms with Gasteiger partial charge in [0.25, 0.3) is 5.91 Å². The van der Waals surface area contributed by atoms with Crippen LogP contribution in [0, 0.1) is 11.8 Å². The van der Waals surface area contributed by atoms with Crippen molar-refractivity contribution in [3.63, 3.8) is 0 Å². The maximum absolute atomic E-state index is 13.5. The first-order chi connectivity index (χ1) is 14.1. The number of carbonyl (C=O) groups is 1. The van der Waals surface area contributed by atoms with E-state index in [-0.39, 0.29) is 18.1 Å². The van der Waals surface area contributed by atoms with Crippen LogP contribution in [0.1, 0.15) is 36.0 Å². The normalized spacial score (nSPS) is 25.9. The Morgan fingerprint density at radius 2 is 1.83 bits per heavy atom. The van der Waals surface area contributed by atoms with Gasteiger partial charge in [-0.05, 0) is 61.8 Å². The molecule has 2 aliphatic carbocycles. The molecule has 5 rings (SSSR count). The molecule has 1 amide bonds. The van der Waals surface area contributed by atoms with Gasteiger partial charge in [0, 0.05) is 36.4 Å². The van der Waals surface area contributed by atoms with Gasteiger partial charge in [-0.3, -0.25) is 9.78 Å². The summed E-state index contributed by atoms with van der Waals surface area (Å²) in [5.41, 5.74) is 3.17. The van der Waals surface area contributed by atoms with Crippen molar-refractivity contribution in [1.82, 2.24) is 14.9 Å². The molecule has 0 spiro atoms. The van der Waals surface area contributed by atoms with Crippen LogP contribution in [-0.2, 0) is 0 Å². The molecule has 2 aliphatic rings. The van der Waals surface area contributed by atoms with Crippen molar-refractivity contribution in [1.29, 1.82) is 0 Å². The number of amides is 1. The van der Waals surface area contributed by atoms with Gasteiger partial charge in [0.05, 0.1) is 22.9 Å². The number of pyridine rings is 2. The van der Waals surface area contributed by atoms with Crippen LogP contribution in [0.2, 0.25) is 0 Å². The third kappa shape index (κ3) is 3.29. The number of aromatic nitrogens is 2. The van der Waals surface area contributed by atoms with Gasteiger partial charge in [0.2, 0.25) is 0 Å². The van der Waals surface area contributed by atoms with Gasteiger partial charge < -0.3 is 10.0 Å². The van der Waals surface area contributed by atoms with E-state index in [1.807, 2.05) is 54.4 Å². The van der Waals surface area contributed by atoms with Gasteiger partial charge in [0.1, 0.15) is 0 Å². The Labute approximate surface area is 170 Å². The van der Waals surface area contributed by atoms with Crippen molar-refractivity contribution in [3.05, 3.63) is 60.4 Å². The lowest BCUT2D eigenvalue weighted by Gasteiger charge is -2.26. The Morgan fingerprint density at radius 1 is 1.07 bits per heavy atom. The molecule has 0 saturated heterocycles. The van der Waals surface area contributed by atoms with Crippen LogP contribution >= 0.6 is 0 Å². The smallest absolute Gasteiger partial charge is 0.254 e. The summed E-state index contributed by atoms with van der Waals surface area (Å²) in [6, 6.07) is 13.8.